The highest BCUT2D eigenvalue weighted by atomic mass is 35.5. The van der Waals surface area contributed by atoms with Crippen molar-refractivity contribution in [3.8, 4) is 0 Å². The van der Waals surface area contributed by atoms with Crippen LogP contribution in [0.25, 0.3) is 0 Å². The van der Waals surface area contributed by atoms with Crippen LogP contribution in [0, 0.1) is 0 Å². The van der Waals surface area contributed by atoms with E-state index < -0.39 is 6.09 Å². The van der Waals surface area contributed by atoms with E-state index in [1.165, 1.54) is 7.11 Å². The van der Waals surface area contributed by atoms with Crippen LogP contribution < -0.4 is 16.0 Å². The van der Waals surface area contributed by atoms with Crippen molar-refractivity contribution < 1.29 is 14.3 Å². The fraction of sp³-hybridized carbons (Fsp3) is 0.286. The summed E-state index contributed by atoms with van der Waals surface area (Å²) in [6, 6.07) is 11.4. The number of ether oxygens (including phenoxy) is 1. The van der Waals surface area contributed by atoms with Gasteiger partial charge in [-0.3, -0.25) is 10.1 Å². The van der Waals surface area contributed by atoms with Crippen LogP contribution in [0.15, 0.2) is 47.5 Å². The second-order valence-corrected chi connectivity index (χ2v) is 8.24. The van der Waals surface area contributed by atoms with E-state index in [2.05, 4.69) is 25.7 Å². The van der Waals surface area contributed by atoms with Gasteiger partial charge in [-0.05, 0) is 61.7 Å². The molecule has 2 aromatic carbocycles. The van der Waals surface area contributed by atoms with Crippen LogP contribution in [0.1, 0.15) is 29.6 Å². The van der Waals surface area contributed by atoms with Gasteiger partial charge in [-0.15, -0.1) is 0 Å². The third-order valence-electron chi connectivity index (χ3n) is 4.74. The number of anilines is 1. The third-order valence-corrected chi connectivity index (χ3v) is 5.74. The minimum absolute atomic E-state index is 0.0422. The van der Waals surface area contributed by atoms with Crippen molar-refractivity contribution in [3.63, 3.8) is 0 Å². The van der Waals surface area contributed by atoms with Crippen molar-refractivity contribution >= 4 is 58.5 Å². The van der Waals surface area contributed by atoms with Crippen LogP contribution in [0.2, 0.25) is 15.1 Å². The second kappa shape index (κ2) is 10.7. The molecular formula is C21H21Cl3N4O3. The zero-order valence-electron chi connectivity index (χ0n) is 16.6. The fourth-order valence-electron chi connectivity index (χ4n) is 3.20. The van der Waals surface area contributed by atoms with Crippen molar-refractivity contribution in [1.82, 2.24) is 10.6 Å². The Bertz CT molecular complexity index is 982. The first-order valence-electron chi connectivity index (χ1n) is 9.55. The van der Waals surface area contributed by atoms with Gasteiger partial charge in [-0.25, -0.2) is 9.79 Å². The topological polar surface area (TPSA) is 91.8 Å². The van der Waals surface area contributed by atoms with Crippen molar-refractivity contribution in [2.75, 3.05) is 12.4 Å². The van der Waals surface area contributed by atoms with Crippen LogP contribution in [0.5, 0.6) is 0 Å². The molecule has 0 aromatic heterocycles. The largest absolute Gasteiger partial charge is 0.453 e. The van der Waals surface area contributed by atoms with Crippen LogP contribution in [0.3, 0.4) is 0 Å². The van der Waals surface area contributed by atoms with Crippen molar-refractivity contribution in [3.05, 3.63) is 63.1 Å². The van der Waals surface area contributed by atoms with Crippen LogP contribution in [-0.4, -0.2) is 37.2 Å². The van der Waals surface area contributed by atoms with E-state index in [1.807, 2.05) is 0 Å². The first-order valence-corrected chi connectivity index (χ1v) is 10.7. The Morgan fingerprint density at radius 2 is 1.77 bits per heavy atom. The number of halogens is 3. The molecule has 7 nitrogen and oxygen atoms in total. The van der Waals surface area contributed by atoms with Gasteiger partial charge in [0.15, 0.2) is 0 Å². The van der Waals surface area contributed by atoms with E-state index in [9.17, 15) is 9.59 Å². The summed E-state index contributed by atoms with van der Waals surface area (Å²) in [5, 5.41) is 10.0. The molecule has 0 bridgehead atoms. The lowest BCUT2D eigenvalue weighted by Gasteiger charge is -2.15. The minimum atomic E-state index is -0.472. The summed E-state index contributed by atoms with van der Waals surface area (Å²) < 4.78 is 4.65. The molecule has 10 heteroatoms. The Balaban J connectivity index is 1.77. The second-order valence-electron chi connectivity index (χ2n) is 6.99. The summed E-state index contributed by atoms with van der Waals surface area (Å²) >= 11 is 18.0. The number of alkyl carbamates (subject to hydrolysis) is 1. The van der Waals surface area contributed by atoms with E-state index >= 15 is 0 Å². The average molecular weight is 484 g/mol. The monoisotopic (exact) mass is 482 g/mol. The molecule has 1 saturated carbocycles. The Hall–Kier alpha value is -2.48. The number of guanidine groups is 1. The molecule has 2 unspecified atom stereocenters. The van der Waals surface area contributed by atoms with Crippen molar-refractivity contribution in [2.24, 2.45) is 4.99 Å². The van der Waals surface area contributed by atoms with E-state index in [0.717, 1.165) is 12.8 Å². The molecule has 31 heavy (non-hydrogen) atoms. The van der Waals surface area contributed by atoms with Gasteiger partial charge in [0.2, 0.25) is 5.96 Å². The third kappa shape index (κ3) is 6.75. The Morgan fingerprint density at radius 3 is 2.45 bits per heavy atom. The highest BCUT2D eigenvalue weighted by Crippen LogP contribution is 2.26. The number of carbonyl (C=O) groups excluding carboxylic acids is 2. The number of rotatable bonds is 4. The van der Waals surface area contributed by atoms with Crippen LogP contribution in [0.4, 0.5) is 10.5 Å². The lowest BCUT2D eigenvalue weighted by Crippen LogP contribution is -2.37. The zero-order valence-corrected chi connectivity index (χ0v) is 18.9. The van der Waals surface area contributed by atoms with Gasteiger partial charge < -0.3 is 15.4 Å². The first kappa shape index (κ1) is 23.2. The molecule has 1 aliphatic carbocycles. The summed E-state index contributed by atoms with van der Waals surface area (Å²) in [5.74, 6) is -0.0766. The summed E-state index contributed by atoms with van der Waals surface area (Å²) in [7, 11) is 1.32. The maximum atomic E-state index is 12.7. The molecule has 3 N–H and O–H groups in total. The Kier molecular flexibility index (Phi) is 8.01. The number of amides is 2. The Labute approximate surface area is 195 Å². The number of benzene rings is 2. The van der Waals surface area contributed by atoms with Gasteiger partial charge in [0.05, 0.1) is 23.2 Å². The van der Waals surface area contributed by atoms with Gasteiger partial charge in [-0.2, -0.15) is 0 Å². The molecule has 0 heterocycles. The van der Waals surface area contributed by atoms with Crippen LogP contribution in [-0.2, 0) is 4.74 Å². The molecule has 2 atom stereocenters. The molecule has 1 aliphatic rings. The normalized spacial score (nSPS) is 18.4. The quantitative estimate of drug-likeness (QED) is 0.416. The smallest absolute Gasteiger partial charge is 0.407 e. The van der Waals surface area contributed by atoms with E-state index in [1.54, 1.807) is 42.5 Å². The summed E-state index contributed by atoms with van der Waals surface area (Å²) in [4.78, 5) is 28.8. The number of carbonyl (C=O) groups is 2. The van der Waals surface area contributed by atoms with Crippen molar-refractivity contribution in [2.45, 2.75) is 31.3 Å². The standard InChI is InChI=1S/C21H21Cl3N4O3/c1-31-21(30)27-15-7-6-14(10-15)25-20(26-16-8-9-17(23)18(24)11-16)28-19(29)12-2-4-13(22)5-3-12/h2-5,8-9,11,14-15H,6-7,10H2,1H3,(H,27,30)(H2,25,26,28,29). The first-order chi connectivity index (χ1) is 14.8. The van der Waals surface area contributed by atoms with Gasteiger partial charge in [0, 0.05) is 22.3 Å². The molecule has 2 aromatic rings. The number of hydrogen-bond acceptors (Lipinski definition) is 4. The Morgan fingerprint density at radius 1 is 1.03 bits per heavy atom. The molecule has 0 aliphatic heterocycles. The average Bonchev–Trinajstić information content (AvgIpc) is 3.17. The van der Waals surface area contributed by atoms with Crippen LogP contribution >= 0.6 is 34.8 Å². The minimum Gasteiger partial charge on any atom is -0.453 e. The zero-order chi connectivity index (χ0) is 22.4. The predicted octanol–water partition coefficient (Wildman–Crippen LogP) is 5.12. The predicted molar refractivity (Wildman–Crippen MR) is 123 cm³/mol. The molecule has 2 amide bonds. The maximum Gasteiger partial charge on any atom is 0.407 e. The van der Waals surface area contributed by atoms with Gasteiger partial charge in [0.1, 0.15) is 0 Å². The SMILES string of the molecule is COC(=O)NC1CCC(N=C(NC(=O)c2ccc(Cl)cc2)Nc2ccc(Cl)c(Cl)c2)C1. The van der Waals surface area contributed by atoms with E-state index in [-0.39, 0.29) is 24.0 Å². The highest BCUT2D eigenvalue weighted by Gasteiger charge is 2.26. The number of methoxy groups -OCH3 is 1. The number of aliphatic imine (C=N–C) groups is 1. The van der Waals surface area contributed by atoms with Gasteiger partial charge in [-0.1, -0.05) is 34.8 Å². The fourth-order valence-corrected chi connectivity index (χ4v) is 3.63. The molecular weight excluding hydrogens is 463 g/mol. The summed E-state index contributed by atoms with van der Waals surface area (Å²) in [5.41, 5.74) is 1.05. The van der Waals surface area contributed by atoms with Crippen molar-refractivity contribution in [1.29, 1.82) is 0 Å². The summed E-state index contributed by atoms with van der Waals surface area (Å²) in [6.45, 7) is 0. The molecule has 0 radical (unpaired) electrons. The molecule has 0 saturated heterocycles. The van der Waals surface area contributed by atoms with E-state index in [4.69, 9.17) is 34.8 Å². The highest BCUT2D eigenvalue weighted by molar-refractivity contribution is 6.42. The summed E-state index contributed by atoms with van der Waals surface area (Å²) in [6.07, 6.45) is 1.66. The number of nitrogens with one attached hydrogen (secondary N) is 3. The molecule has 3 rings (SSSR count). The molecule has 164 valence electrons. The van der Waals surface area contributed by atoms with Gasteiger partial charge in [0.25, 0.3) is 5.91 Å². The van der Waals surface area contributed by atoms with Gasteiger partial charge >= 0.3 is 6.09 Å². The molecule has 1 fully saturated rings. The maximum absolute atomic E-state index is 12.7. The number of hydrogen-bond donors (Lipinski definition) is 3. The lowest BCUT2D eigenvalue weighted by atomic mass is 10.2. The van der Waals surface area contributed by atoms with E-state index in [0.29, 0.717) is 32.7 Å². The molecule has 0 spiro atoms. The number of nitrogens with zero attached hydrogens (tertiary/aromatic N) is 1. The lowest BCUT2D eigenvalue weighted by molar-refractivity contribution is 0.0976.